The highest BCUT2D eigenvalue weighted by atomic mass is 32.2. The Labute approximate surface area is 161 Å². The lowest BCUT2D eigenvalue weighted by molar-refractivity contribution is -0.129. The lowest BCUT2D eigenvalue weighted by Crippen LogP contribution is -2.32. The van der Waals surface area contributed by atoms with E-state index in [2.05, 4.69) is 10.1 Å². The number of ether oxygens (including phenoxy) is 1. The van der Waals surface area contributed by atoms with Crippen LogP contribution in [0.4, 0.5) is 0 Å². The zero-order chi connectivity index (χ0) is 19.2. The van der Waals surface area contributed by atoms with Crippen molar-refractivity contribution in [2.24, 2.45) is 5.16 Å². The monoisotopic (exact) mass is 387 g/mol. The summed E-state index contributed by atoms with van der Waals surface area (Å²) in [5.74, 6) is 0.161. The second kappa shape index (κ2) is 8.88. The third-order valence-corrected chi connectivity index (χ3v) is 5.37. The summed E-state index contributed by atoms with van der Waals surface area (Å²) < 4.78 is 5.08. The third-order valence-electron chi connectivity index (χ3n) is 4.39. The summed E-state index contributed by atoms with van der Waals surface area (Å²) in [6.07, 6.45) is 4.52. The van der Waals surface area contributed by atoms with Crippen LogP contribution in [0.15, 0.2) is 47.8 Å². The topological polar surface area (TPSA) is 93.0 Å². The molecule has 1 aliphatic rings. The highest BCUT2D eigenvalue weighted by Crippen LogP contribution is 2.26. The fourth-order valence-electron chi connectivity index (χ4n) is 2.87. The molecule has 0 spiro atoms. The number of thioether (sulfide) groups is 1. The molecule has 0 aliphatic carbocycles. The van der Waals surface area contributed by atoms with E-state index >= 15 is 0 Å². The number of methoxy groups -OCH3 is 1. The summed E-state index contributed by atoms with van der Waals surface area (Å²) in [5.41, 5.74) is 5.58. The first-order chi connectivity index (χ1) is 13.1. The van der Waals surface area contributed by atoms with E-state index < -0.39 is 5.91 Å². The number of rotatable bonds is 7. The van der Waals surface area contributed by atoms with Gasteiger partial charge in [-0.25, -0.2) is 10.5 Å². The molecular weight excluding hydrogens is 366 g/mol. The summed E-state index contributed by atoms with van der Waals surface area (Å²) in [6.45, 7) is 0. The van der Waals surface area contributed by atoms with Gasteiger partial charge in [0, 0.05) is 30.7 Å². The number of carbonyl (C=O) groups excluding carboxylic acids is 1. The van der Waals surface area contributed by atoms with Crippen molar-refractivity contribution < 1.29 is 19.6 Å². The van der Waals surface area contributed by atoms with Crippen LogP contribution in [0.3, 0.4) is 0 Å². The molecule has 0 saturated heterocycles. The van der Waals surface area contributed by atoms with Gasteiger partial charge in [0.2, 0.25) is 5.88 Å². The van der Waals surface area contributed by atoms with E-state index in [0.717, 1.165) is 22.4 Å². The standard InChI is InChI=1S/C19H21N3O4S/c1-25-18-8-7-14(11-20-18)12-3-5-13(6-4-12)16-9-15(26-22-16)10-17(27-2)19(23)21-24/h3-8,11,15,17,24H,9-10H2,1-2H3,(H,21,23). The number of aromatic nitrogens is 1. The first-order valence-corrected chi connectivity index (χ1v) is 9.73. The van der Waals surface area contributed by atoms with E-state index in [1.54, 1.807) is 18.8 Å². The fourth-order valence-corrected chi connectivity index (χ4v) is 3.55. The highest BCUT2D eigenvalue weighted by Gasteiger charge is 2.28. The minimum Gasteiger partial charge on any atom is -0.481 e. The molecular formula is C19H21N3O4S. The van der Waals surface area contributed by atoms with Gasteiger partial charge >= 0.3 is 0 Å². The van der Waals surface area contributed by atoms with Crippen LogP contribution in [-0.2, 0) is 9.63 Å². The maximum Gasteiger partial charge on any atom is 0.256 e. The molecule has 2 atom stereocenters. The zero-order valence-corrected chi connectivity index (χ0v) is 15.9. The van der Waals surface area contributed by atoms with Crippen LogP contribution in [0.5, 0.6) is 5.88 Å². The summed E-state index contributed by atoms with van der Waals surface area (Å²) in [7, 11) is 1.59. The number of pyridine rings is 1. The van der Waals surface area contributed by atoms with Crippen LogP contribution in [0.25, 0.3) is 11.1 Å². The summed E-state index contributed by atoms with van der Waals surface area (Å²) >= 11 is 1.37. The average molecular weight is 387 g/mol. The molecule has 2 N–H and O–H groups in total. The van der Waals surface area contributed by atoms with E-state index in [1.165, 1.54) is 11.8 Å². The molecule has 2 aromatic rings. The summed E-state index contributed by atoms with van der Waals surface area (Å²) in [6, 6.07) is 11.8. The number of amides is 1. The van der Waals surface area contributed by atoms with E-state index in [0.29, 0.717) is 18.7 Å². The van der Waals surface area contributed by atoms with Crippen molar-refractivity contribution in [3.63, 3.8) is 0 Å². The van der Waals surface area contributed by atoms with Crippen molar-refractivity contribution in [2.75, 3.05) is 13.4 Å². The first-order valence-electron chi connectivity index (χ1n) is 8.45. The molecule has 0 radical (unpaired) electrons. The fraction of sp³-hybridized carbons (Fsp3) is 0.316. The minimum absolute atomic E-state index is 0.180. The number of nitrogens with one attached hydrogen (secondary N) is 1. The number of hydrogen-bond acceptors (Lipinski definition) is 7. The Bertz CT molecular complexity index is 809. The van der Waals surface area contributed by atoms with Crippen molar-refractivity contribution in [2.45, 2.75) is 24.2 Å². The number of hydroxylamine groups is 1. The predicted molar refractivity (Wildman–Crippen MR) is 104 cm³/mol. The molecule has 0 saturated carbocycles. The van der Waals surface area contributed by atoms with Crippen molar-refractivity contribution in [3.8, 4) is 17.0 Å². The predicted octanol–water partition coefficient (Wildman–Crippen LogP) is 2.88. The van der Waals surface area contributed by atoms with Gasteiger partial charge in [-0.1, -0.05) is 29.4 Å². The average Bonchev–Trinajstić information content (AvgIpc) is 3.20. The molecule has 8 heteroatoms. The van der Waals surface area contributed by atoms with Crippen molar-refractivity contribution in [1.29, 1.82) is 0 Å². The molecule has 7 nitrogen and oxygen atoms in total. The molecule has 27 heavy (non-hydrogen) atoms. The van der Waals surface area contributed by atoms with Crippen molar-refractivity contribution >= 4 is 23.4 Å². The quantitative estimate of drug-likeness (QED) is 0.561. The Morgan fingerprint density at radius 1 is 1.30 bits per heavy atom. The van der Waals surface area contributed by atoms with Crippen LogP contribution in [0, 0.1) is 0 Å². The maximum atomic E-state index is 11.6. The molecule has 0 fully saturated rings. The Morgan fingerprint density at radius 2 is 2.00 bits per heavy atom. The van der Waals surface area contributed by atoms with E-state index in [4.69, 9.17) is 14.8 Å². The Hall–Kier alpha value is -2.58. The lowest BCUT2D eigenvalue weighted by atomic mass is 9.99. The smallest absolute Gasteiger partial charge is 0.256 e. The van der Waals surface area contributed by atoms with E-state index in [9.17, 15) is 4.79 Å². The highest BCUT2D eigenvalue weighted by molar-refractivity contribution is 7.99. The molecule has 1 aromatic carbocycles. The van der Waals surface area contributed by atoms with Gasteiger partial charge < -0.3 is 9.57 Å². The molecule has 1 amide bonds. The third kappa shape index (κ3) is 4.58. The number of hydrogen-bond donors (Lipinski definition) is 2. The van der Waals surface area contributed by atoms with Gasteiger partial charge in [-0.15, -0.1) is 0 Å². The Balaban J connectivity index is 1.63. The van der Waals surface area contributed by atoms with Gasteiger partial charge in [0.15, 0.2) is 0 Å². The van der Waals surface area contributed by atoms with Crippen molar-refractivity contribution in [1.82, 2.24) is 10.5 Å². The molecule has 1 aliphatic heterocycles. The molecule has 2 unspecified atom stereocenters. The van der Waals surface area contributed by atoms with Gasteiger partial charge in [-0.2, -0.15) is 11.8 Å². The van der Waals surface area contributed by atoms with Gasteiger partial charge in [0.05, 0.1) is 18.1 Å². The van der Waals surface area contributed by atoms with Gasteiger partial charge in [-0.3, -0.25) is 10.0 Å². The lowest BCUT2D eigenvalue weighted by Gasteiger charge is -2.15. The molecule has 0 bridgehead atoms. The first kappa shape index (κ1) is 19.2. The second-order valence-corrected chi connectivity index (χ2v) is 7.11. The Morgan fingerprint density at radius 3 is 2.59 bits per heavy atom. The number of nitrogens with zero attached hydrogens (tertiary/aromatic N) is 2. The van der Waals surface area contributed by atoms with Gasteiger partial charge in [0.25, 0.3) is 5.91 Å². The number of oxime groups is 1. The summed E-state index contributed by atoms with van der Waals surface area (Å²) in [5, 5.41) is 12.6. The number of benzene rings is 1. The molecule has 142 valence electrons. The molecule has 2 heterocycles. The van der Waals surface area contributed by atoms with Gasteiger partial charge in [-0.05, 0) is 23.4 Å². The van der Waals surface area contributed by atoms with E-state index in [-0.39, 0.29) is 11.4 Å². The van der Waals surface area contributed by atoms with Crippen LogP contribution < -0.4 is 10.2 Å². The second-order valence-electron chi connectivity index (χ2n) is 6.07. The minimum atomic E-state index is -0.419. The molecule has 3 rings (SSSR count). The van der Waals surface area contributed by atoms with E-state index in [1.807, 2.05) is 42.7 Å². The zero-order valence-electron chi connectivity index (χ0n) is 15.1. The van der Waals surface area contributed by atoms with Crippen LogP contribution in [0.2, 0.25) is 0 Å². The van der Waals surface area contributed by atoms with Crippen LogP contribution >= 0.6 is 11.8 Å². The molecule has 1 aromatic heterocycles. The van der Waals surface area contributed by atoms with Crippen LogP contribution in [-0.4, -0.2) is 46.5 Å². The van der Waals surface area contributed by atoms with Gasteiger partial charge in [0.1, 0.15) is 6.10 Å². The normalized spacial score (nSPS) is 17.0. The van der Waals surface area contributed by atoms with Crippen molar-refractivity contribution in [3.05, 3.63) is 48.2 Å². The van der Waals surface area contributed by atoms with Crippen LogP contribution in [0.1, 0.15) is 18.4 Å². The SMILES string of the molecule is COc1ccc(-c2ccc(C3=NOC(CC(SC)C(=O)NO)C3)cc2)cn1. The number of carbonyl (C=O) groups is 1. The largest absolute Gasteiger partial charge is 0.481 e. The summed E-state index contributed by atoms with van der Waals surface area (Å²) in [4.78, 5) is 21.3. The maximum absolute atomic E-state index is 11.6. The Kier molecular flexibility index (Phi) is 6.31.